The van der Waals surface area contributed by atoms with Crippen molar-refractivity contribution in [3.05, 3.63) is 235 Å². The molecular weight excluding hydrogens is 923 g/mol. The Balaban J connectivity index is 1.02. The summed E-state index contributed by atoms with van der Waals surface area (Å²) in [4.78, 5) is 19.4. The van der Waals surface area contributed by atoms with E-state index < -0.39 is 0 Å². The van der Waals surface area contributed by atoms with Crippen molar-refractivity contribution in [1.29, 1.82) is 0 Å². The summed E-state index contributed by atoms with van der Waals surface area (Å²) in [6.07, 6.45) is 7.25. The number of para-hydroxylation sites is 2. The van der Waals surface area contributed by atoms with E-state index in [0.717, 1.165) is 122 Å². The van der Waals surface area contributed by atoms with Crippen LogP contribution in [0.3, 0.4) is 0 Å². The average molecular weight is 970 g/mol. The van der Waals surface area contributed by atoms with Crippen LogP contribution in [0.4, 0.5) is 0 Å². The van der Waals surface area contributed by atoms with Crippen LogP contribution < -0.4 is 9.47 Å². The van der Waals surface area contributed by atoms with Gasteiger partial charge in [-0.15, -0.1) is 0 Å². The van der Waals surface area contributed by atoms with Gasteiger partial charge in [0.05, 0.1) is 33.1 Å². The van der Waals surface area contributed by atoms with Crippen LogP contribution in [-0.2, 0) is 0 Å². The van der Waals surface area contributed by atoms with Crippen molar-refractivity contribution < 1.29 is 9.47 Å². The summed E-state index contributed by atoms with van der Waals surface area (Å²) in [5.74, 6) is 4.98. The van der Waals surface area contributed by atoms with Gasteiger partial charge in [-0.2, -0.15) is 0 Å². The van der Waals surface area contributed by atoms with E-state index in [1.54, 1.807) is 12.4 Å². The van der Waals surface area contributed by atoms with E-state index in [9.17, 15) is 0 Å². The highest BCUT2D eigenvalue weighted by Crippen LogP contribution is 2.48. The van der Waals surface area contributed by atoms with Gasteiger partial charge < -0.3 is 9.47 Å². The molecule has 0 unspecified atom stereocenters. The van der Waals surface area contributed by atoms with Crippen LogP contribution in [0.5, 0.6) is 23.0 Å². The predicted octanol–water partition coefficient (Wildman–Crippen LogP) is 16.7. The molecule has 0 bridgehead atoms. The number of pyridine rings is 2. The van der Waals surface area contributed by atoms with Gasteiger partial charge in [0, 0.05) is 92.5 Å². The lowest BCUT2D eigenvalue weighted by molar-refractivity contribution is 0.485. The molecule has 0 saturated heterocycles. The summed E-state index contributed by atoms with van der Waals surface area (Å²) < 4.78 is 21.1. The van der Waals surface area contributed by atoms with Crippen LogP contribution in [0.15, 0.2) is 213 Å². The summed E-state index contributed by atoms with van der Waals surface area (Å²) in [7, 11) is 0. The van der Waals surface area contributed by atoms with Crippen molar-refractivity contribution in [3.63, 3.8) is 0 Å². The maximum Gasteiger partial charge on any atom is 0.234 e. The number of hydrogen-bond donors (Lipinski definition) is 0. The topological polar surface area (TPSA) is 84.8 Å². The van der Waals surface area contributed by atoms with Crippen LogP contribution in [0.25, 0.3) is 105 Å². The van der Waals surface area contributed by atoms with Gasteiger partial charge in [0.15, 0.2) is 0 Å². The highest BCUT2D eigenvalue weighted by molar-refractivity contribution is 6.14. The zero-order valence-corrected chi connectivity index (χ0v) is 41.7. The van der Waals surface area contributed by atoms with Crippen molar-refractivity contribution in [3.8, 4) is 62.8 Å². The number of nitrogens with zero attached hydrogens (tertiary/aromatic N) is 7. The van der Waals surface area contributed by atoms with Gasteiger partial charge in [0.25, 0.3) is 0 Å². The van der Waals surface area contributed by atoms with E-state index in [1.807, 2.05) is 54.9 Å². The number of ether oxygens (including phenoxy) is 2. The van der Waals surface area contributed by atoms with Crippen LogP contribution in [0.2, 0.25) is 0 Å². The third-order valence-electron chi connectivity index (χ3n) is 14.7. The minimum Gasteiger partial charge on any atom is -0.457 e. The minimum absolute atomic E-state index is 0.525. The quantitative estimate of drug-likeness (QED) is 0.143. The van der Waals surface area contributed by atoms with Gasteiger partial charge in [0.1, 0.15) is 34.6 Å². The van der Waals surface area contributed by atoms with Crippen molar-refractivity contribution in [2.24, 2.45) is 0 Å². The van der Waals surface area contributed by atoms with E-state index in [4.69, 9.17) is 29.4 Å². The van der Waals surface area contributed by atoms with Gasteiger partial charge in [0.2, 0.25) is 5.95 Å². The zero-order valence-electron chi connectivity index (χ0n) is 41.7. The number of rotatable bonds is 9. The molecule has 9 nitrogen and oxygen atoms in total. The van der Waals surface area contributed by atoms with E-state index in [-0.39, 0.29) is 0 Å². The number of aromatic nitrogens is 7. The summed E-state index contributed by atoms with van der Waals surface area (Å²) in [5, 5.41) is 6.56. The third-order valence-corrected chi connectivity index (χ3v) is 14.7. The molecule has 75 heavy (non-hydrogen) atoms. The second-order valence-electron chi connectivity index (χ2n) is 19.3. The normalized spacial score (nSPS) is 11.7. The summed E-state index contributed by atoms with van der Waals surface area (Å²) in [6.45, 7) is 8.69. The highest BCUT2D eigenvalue weighted by Gasteiger charge is 2.25. The number of benzene rings is 8. The van der Waals surface area contributed by atoms with Crippen molar-refractivity contribution >= 4 is 65.4 Å². The Labute approximate surface area is 432 Å². The average Bonchev–Trinajstić information content (AvgIpc) is 4.06. The molecule has 0 atom stereocenters. The Morgan fingerprint density at radius 3 is 1.15 bits per heavy atom. The van der Waals surface area contributed by atoms with Gasteiger partial charge in [-0.1, -0.05) is 84.9 Å². The molecule has 0 amide bonds. The fourth-order valence-corrected chi connectivity index (χ4v) is 11.5. The Morgan fingerprint density at radius 1 is 0.307 bits per heavy atom. The lowest BCUT2D eigenvalue weighted by Gasteiger charge is -2.17. The summed E-state index contributed by atoms with van der Waals surface area (Å²) in [6, 6.07) is 65.4. The van der Waals surface area contributed by atoms with Crippen molar-refractivity contribution in [2.45, 2.75) is 27.7 Å². The van der Waals surface area contributed by atoms with E-state index in [0.29, 0.717) is 28.9 Å². The second kappa shape index (κ2) is 17.4. The highest BCUT2D eigenvalue weighted by atomic mass is 16.5. The molecule has 0 radical (unpaired) electrons. The molecule has 0 fully saturated rings. The molecule has 6 heterocycles. The van der Waals surface area contributed by atoms with Crippen LogP contribution in [-0.4, -0.2) is 33.6 Å². The van der Waals surface area contributed by atoms with Crippen molar-refractivity contribution in [1.82, 2.24) is 33.6 Å². The van der Waals surface area contributed by atoms with Gasteiger partial charge >= 0.3 is 0 Å². The first kappa shape index (κ1) is 43.9. The second-order valence-corrected chi connectivity index (χ2v) is 19.3. The van der Waals surface area contributed by atoms with E-state index in [1.165, 1.54) is 0 Å². The molecule has 0 spiro atoms. The van der Waals surface area contributed by atoms with Gasteiger partial charge in [-0.05, 0) is 140 Å². The summed E-state index contributed by atoms with van der Waals surface area (Å²) >= 11 is 0. The first-order valence-electron chi connectivity index (χ1n) is 25.2. The first-order valence-corrected chi connectivity index (χ1v) is 25.2. The number of fused-ring (bicyclic) bond motifs is 9. The standard InChI is InChI=1S/C66H47N7O2/c1-40-16-13-17-41(2)64(40)52-36-50-51-37-53(65-42(3)18-14-19-43(65)4)61(75-45-27-29-49-47-21-6-8-23-55(47)72(57(49)35-45)63-25-10-12-31-68-63)39-59(51)73(66-69-32-15-33-70-66)58(50)38-60(52)74-44-26-28-48-46-20-5-7-22-54(46)71(56(48)34-44)62-24-9-11-30-67-62/h5-39H,1-4H3. The first-order chi connectivity index (χ1) is 36.9. The molecular formula is C66H47N7O2. The van der Waals surface area contributed by atoms with E-state index in [2.05, 4.69) is 187 Å². The Bertz CT molecular complexity index is 4260. The van der Waals surface area contributed by atoms with Gasteiger partial charge in [-0.25, -0.2) is 19.9 Å². The minimum atomic E-state index is 0.525. The smallest absolute Gasteiger partial charge is 0.234 e. The molecule has 6 aromatic heterocycles. The van der Waals surface area contributed by atoms with Crippen LogP contribution in [0.1, 0.15) is 22.3 Å². The fourth-order valence-electron chi connectivity index (χ4n) is 11.5. The molecule has 0 N–H and O–H groups in total. The Hall–Kier alpha value is -9.86. The summed E-state index contributed by atoms with van der Waals surface area (Å²) in [5.41, 5.74) is 14.7. The molecule has 0 aliphatic carbocycles. The largest absolute Gasteiger partial charge is 0.457 e. The molecule has 8 aromatic carbocycles. The molecule has 0 aliphatic rings. The lowest BCUT2D eigenvalue weighted by Crippen LogP contribution is -2.01. The molecule has 0 aliphatic heterocycles. The van der Waals surface area contributed by atoms with Crippen LogP contribution in [0, 0.1) is 27.7 Å². The molecule has 14 rings (SSSR count). The maximum absolute atomic E-state index is 7.27. The number of hydrogen-bond acceptors (Lipinski definition) is 6. The molecule has 14 aromatic rings. The third kappa shape index (κ3) is 7.15. The molecule has 358 valence electrons. The molecule has 0 saturated carbocycles. The molecule has 9 heteroatoms. The predicted molar refractivity (Wildman–Crippen MR) is 303 cm³/mol. The lowest BCUT2D eigenvalue weighted by atomic mass is 9.92. The fraction of sp³-hybridized carbons (Fsp3) is 0.0606. The zero-order chi connectivity index (χ0) is 50.3. The van der Waals surface area contributed by atoms with E-state index >= 15 is 0 Å². The maximum atomic E-state index is 7.27. The van der Waals surface area contributed by atoms with Gasteiger partial charge in [-0.3, -0.25) is 13.7 Å². The van der Waals surface area contributed by atoms with Crippen molar-refractivity contribution in [2.75, 3.05) is 0 Å². The van der Waals surface area contributed by atoms with Crippen LogP contribution >= 0.6 is 0 Å². The Kier molecular flexibility index (Phi) is 10.2. The SMILES string of the molecule is Cc1cccc(C)c1-c1cc2c3cc(-c4c(C)cccc4C)c(Oc4ccc5c6ccccc6n(-c6ccccn6)c5c4)cc3n(-c3ncccn3)c2cc1Oc1ccc2c3ccccc3n(-c3ccccn3)c2c1. The Morgan fingerprint density at radius 2 is 0.707 bits per heavy atom. The monoisotopic (exact) mass is 969 g/mol. The number of aryl methyl sites for hydroxylation is 4.